The highest BCUT2D eigenvalue weighted by atomic mass is 35.5. The van der Waals surface area contributed by atoms with Crippen LogP contribution in [0.2, 0.25) is 0 Å². The van der Waals surface area contributed by atoms with Crippen LogP contribution in [0, 0.1) is 11.8 Å². The molecule has 1 fully saturated rings. The molecule has 1 aliphatic rings. The van der Waals surface area contributed by atoms with Gasteiger partial charge >= 0.3 is 0 Å². The number of rotatable bonds is 4. The number of hydrogen-bond acceptors (Lipinski definition) is 1. The molecule has 0 radical (unpaired) electrons. The second-order valence-corrected chi connectivity index (χ2v) is 6.62. The lowest BCUT2D eigenvalue weighted by molar-refractivity contribution is 0.258. The van der Waals surface area contributed by atoms with Crippen LogP contribution < -0.4 is 0 Å². The first kappa shape index (κ1) is 12.4. The Morgan fingerprint density at radius 3 is 3.00 bits per heavy atom. The Hall–Kier alpha value is -0.0100. The SMILES string of the molecule is CCCC1CCC(Cl)C(Cc2cccs2)C1. The quantitative estimate of drug-likeness (QED) is 0.657. The molecule has 90 valence electrons. The first-order valence-corrected chi connectivity index (χ1v) is 7.77. The molecule has 0 amide bonds. The molecule has 1 saturated carbocycles. The molecule has 0 nitrogen and oxygen atoms in total. The Bertz CT molecular complexity index is 294. The molecule has 0 saturated heterocycles. The van der Waals surface area contributed by atoms with Gasteiger partial charge in [0.25, 0.3) is 0 Å². The van der Waals surface area contributed by atoms with Crippen LogP contribution in [-0.2, 0) is 6.42 Å². The number of hydrogen-bond donors (Lipinski definition) is 0. The normalized spacial score (nSPS) is 30.5. The van der Waals surface area contributed by atoms with Crippen molar-refractivity contribution in [1.82, 2.24) is 0 Å². The average Bonchev–Trinajstić information content (AvgIpc) is 2.76. The lowest BCUT2D eigenvalue weighted by atomic mass is 9.77. The molecule has 1 aromatic heterocycles. The van der Waals surface area contributed by atoms with Crippen molar-refractivity contribution in [2.24, 2.45) is 11.8 Å². The molecule has 3 unspecified atom stereocenters. The van der Waals surface area contributed by atoms with Crippen LogP contribution in [0.25, 0.3) is 0 Å². The summed E-state index contributed by atoms with van der Waals surface area (Å²) in [6, 6.07) is 4.40. The van der Waals surface area contributed by atoms with Crippen LogP contribution >= 0.6 is 22.9 Å². The maximum Gasteiger partial charge on any atom is 0.0367 e. The second kappa shape index (κ2) is 6.07. The van der Waals surface area contributed by atoms with Crippen LogP contribution in [0.1, 0.15) is 43.9 Å². The first-order chi connectivity index (χ1) is 7.79. The lowest BCUT2D eigenvalue weighted by Gasteiger charge is -2.32. The predicted molar refractivity (Wildman–Crippen MR) is 73.4 cm³/mol. The average molecular weight is 257 g/mol. The third-order valence-corrected chi connectivity index (χ3v) is 5.21. The second-order valence-electron chi connectivity index (χ2n) is 5.03. The molecule has 0 aliphatic heterocycles. The Kier molecular flexibility index (Phi) is 4.72. The van der Waals surface area contributed by atoms with E-state index in [0.29, 0.717) is 11.3 Å². The van der Waals surface area contributed by atoms with E-state index in [9.17, 15) is 0 Å². The highest BCUT2D eigenvalue weighted by Gasteiger charge is 2.28. The molecule has 0 bridgehead atoms. The van der Waals surface area contributed by atoms with Crippen LogP contribution in [0.3, 0.4) is 0 Å². The molecular formula is C14H21ClS. The van der Waals surface area contributed by atoms with Gasteiger partial charge < -0.3 is 0 Å². The fraction of sp³-hybridized carbons (Fsp3) is 0.714. The van der Waals surface area contributed by atoms with Gasteiger partial charge in [-0.2, -0.15) is 0 Å². The van der Waals surface area contributed by atoms with E-state index in [4.69, 9.17) is 11.6 Å². The van der Waals surface area contributed by atoms with Crippen molar-refractivity contribution in [3.63, 3.8) is 0 Å². The van der Waals surface area contributed by atoms with E-state index in [-0.39, 0.29) is 0 Å². The topological polar surface area (TPSA) is 0 Å². The zero-order valence-electron chi connectivity index (χ0n) is 9.99. The predicted octanol–water partition coefficient (Wildman–Crippen LogP) is 5.11. The fourth-order valence-electron chi connectivity index (χ4n) is 2.89. The summed E-state index contributed by atoms with van der Waals surface area (Å²) in [6.45, 7) is 2.29. The van der Waals surface area contributed by atoms with Crippen LogP contribution in [-0.4, -0.2) is 5.38 Å². The third-order valence-electron chi connectivity index (χ3n) is 3.74. The summed E-state index contributed by atoms with van der Waals surface area (Å²) in [4.78, 5) is 1.51. The smallest absolute Gasteiger partial charge is 0.0367 e. The molecule has 1 aliphatic carbocycles. The van der Waals surface area contributed by atoms with Crippen LogP contribution in [0.4, 0.5) is 0 Å². The van der Waals surface area contributed by atoms with E-state index >= 15 is 0 Å². The van der Waals surface area contributed by atoms with Crippen molar-refractivity contribution >= 4 is 22.9 Å². The summed E-state index contributed by atoms with van der Waals surface area (Å²) in [5, 5.41) is 2.58. The molecule has 2 heteroatoms. The Balaban J connectivity index is 1.91. The largest absolute Gasteiger partial charge is 0.149 e. The first-order valence-electron chi connectivity index (χ1n) is 6.46. The van der Waals surface area contributed by atoms with Crippen molar-refractivity contribution in [1.29, 1.82) is 0 Å². The minimum absolute atomic E-state index is 0.412. The lowest BCUT2D eigenvalue weighted by Crippen LogP contribution is -2.26. The minimum Gasteiger partial charge on any atom is -0.149 e. The van der Waals surface area contributed by atoms with Gasteiger partial charge in [0.05, 0.1) is 0 Å². The molecule has 0 spiro atoms. The third kappa shape index (κ3) is 3.24. The summed E-state index contributed by atoms with van der Waals surface area (Å²) in [6.07, 6.45) is 7.84. The molecule has 1 aromatic rings. The zero-order valence-corrected chi connectivity index (χ0v) is 11.6. The highest BCUT2D eigenvalue weighted by Crippen LogP contribution is 2.37. The molecule has 3 atom stereocenters. The van der Waals surface area contributed by atoms with Crippen molar-refractivity contribution in [2.75, 3.05) is 0 Å². The molecule has 1 heterocycles. The van der Waals surface area contributed by atoms with Crippen LogP contribution in [0.15, 0.2) is 17.5 Å². The molecule has 0 aromatic carbocycles. The van der Waals surface area contributed by atoms with Gasteiger partial charge in [-0.15, -0.1) is 22.9 Å². The van der Waals surface area contributed by atoms with Crippen molar-refractivity contribution in [3.8, 4) is 0 Å². The van der Waals surface area contributed by atoms with Gasteiger partial charge in [0, 0.05) is 10.3 Å². The zero-order chi connectivity index (χ0) is 11.4. The van der Waals surface area contributed by atoms with Crippen LogP contribution in [0.5, 0.6) is 0 Å². The summed E-state index contributed by atoms with van der Waals surface area (Å²) in [7, 11) is 0. The summed E-state index contributed by atoms with van der Waals surface area (Å²) < 4.78 is 0. The molecule has 16 heavy (non-hydrogen) atoms. The van der Waals surface area contributed by atoms with E-state index < -0.39 is 0 Å². The highest BCUT2D eigenvalue weighted by molar-refractivity contribution is 7.09. The summed E-state index contributed by atoms with van der Waals surface area (Å²) >= 11 is 8.34. The van der Waals surface area contributed by atoms with E-state index in [1.54, 1.807) is 0 Å². The summed E-state index contributed by atoms with van der Waals surface area (Å²) in [5.41, 5.74) is 0. The van der Waals surface area contributed by atoms with Crippen molar-refractivity contribution in [2.45, 2.75) is 50.8 Å². The number of halogens is 1. The van der Waals surface area contributed by atoms with E-state index in [2.05, 4.69) is 24.4 Å². The Labute approximate surface area is 108 Å². The van der Waals surface area contributed by atoms with E-state index in [1.165, 1.54) is 43.4 Å². The fourth-order valence-corrected chi connectivity index (χ4v) is 4.01. The minimum atomic E-state index is 0.412. The van der Waals surface area contributed by atoms with Crippen molar-refractivity contribution < 1.29 is 0 Å². The monoisotopic (exact) mass is 256 g/mol. The molecule has 2 rings (SSSR count). The Morgan fingerprint density at radius 1 is 1.44 bits per heavy atom. The molecular weight excluding hydrogens is 236 g/mol. The van der Waals surface area contributed by atoms with Gasteiger partial charge in [-0.3, -0.25) is 0 Å². The number of thiophene rings is 1. The van der Waals surface area contributed by atoms with Gasteiger partial charge in [0.15, 0.2) is 0 Å². The Morgan fingerprint density at radius 2 is 2.31 bits per heavy atom. The van der Waals surface area contributed by atoms with E-state index in [0.717, 1.165) is 5.92 Å². The summed E-state index contributed by atoms with van der Waals surface area (Å²) in [5.74, 6) is 1.65. The maximum atomic E-state index is 6.47. The maximum absolute atomic E-state index is 6.47. The van der Waals surface area contributed by atoms with Gasteiger partial charge in [-0.05, 0) is 49.0 Å². The van der Waals surface area contributed by atoms with E-state index in [1.807, 2.05) is 11.3 Å². The van der Waals surface area contributed by atoms with Gasteiger partial charge in [-0.25, -0.2) is 0 Å². The standard InChI is InChI=1S/C14H21ClS/c1-2-4-11-6-7-14(15)12(9-11)10-13-5-3-8-16-13/h3,5,8,11-12,14H,2,4,6-7,9-10H2,1H3. The van der Waals surface area contributed by atoms with Crippen molar-refractivity contribution in [3.05, 3.63) is 22.4 Å². The van der Waals surface area contributed by atoms with Gasteiger partial charge in [0.2, 0.25) is 0 Å². The van der Waals surface area contributed by atoms with Gasteiger partial charge in [0.1, 0.15) is 0 Å². The van der Waals surface area contributed by atoms with Gasteiger partial charge in [-0.1, -0.05) is 25.8 Å². The molecule has 0 N–H and O–H groups in total. The number of alkyl halides is 1.